The molecule has 1 aromatic carbocycles. The zero-order chi connectivity index (χ0) is 35.6. The normalized spacial score (nSPS) is 26.1. The van der Waals surface area contributed by atoms with E-state index in [4.69, 9.17) is 21.3 Å². The number of aromatic hydroxyl groups is 1. The molecule has 13 nitrogen and oxygen atoms in total. The van der Waals surface area contributed by atoms with Crippen LogP contribution in [0.3, 0.4) is 0 Å². The van der Waals surface area contributed by atoms with Gasteiger partial charge >= 0.3 is 6.18 Å². The number of nitrogens with one attached hydrogen (secondary N) is 1. The highest BCUT2D eigenvalue weighted by Crippen LogP contribution is 2.73. The molecule has 2 amide bonds. The van der Waals surface area contributed by atoms with E-state index in [2.05, 4.69) is 20.4 Å². The van der Waals surface area contributed by atoms with E-state index in [1.165, 1.54) is 10.8 Å². The third-order valence-corrected chi connectivity index (χ3v) is 11.5. The first-order chi connectivity index (χ1) is 24.4. The molecule has 5 heterocycles. The Hall–Kier alpha value is -4.83. The van der Waals surface area contributed by atoms with Crippen molar-refractivity contribution in [2.24, 2.45) is 11.8 Å². The van der Waals surface area contributed by atoms with Crippen molar-refractivity contribution in [2.75, 3.05) is 25.1 Å². The molecule has 1 spiro atoms. The number of halogens is 4. The van der Waals surface area contributed by atoms with Crippen LogP contribution in [-0.4, -0.2) is 76.8 Å². The number of fused-ring (bicyclic) bond motifs is 8. The third kappa shape index (κ3) is 4.82. The number of aromatic nitrogens is 6. The lowest BCUT2D eigenvalue weighted by atomic mass is 9.70. The van der Waals surface area contributed by atoms with E-state index in [-0.39, 0.29) is 69.7 Å². The summed E-state index contributed by atoms with van der Waals surface area (Å²) in [6, 6.07) is 2.55. The van der Waals surface area contributed by atoms with Crippen molar-refractivity contribution in [1.29, 1.82) is 0 Å². The van der Waals surface area contributed by atoms with Gasteiger partial charge in [-0.3, -0.25) is 14.4 Å². The summed E-state index contributed by atoms with van der Waals surface area (Å²) >= 11 is 6.16. The van der Waals surface area contributed by atoms with Crippen LogP contribution in [0.15, 0.2) is 35.4 Å². The van der Waals surface area contributed by atoms with Crippen molar-refractivity contribution < 1.29 is 32.6 Å². The molecule has 17 heteroatoms. The van der Waals surface area contributed by atoms with Gasteiger partial charge in [-0.25, -0.2) is 9.97 Å². The van der Waals surface area contributed by atoms with Crippen LogP contribution in [0.2, 0.25) is 5.02 Å². The molecule has 3 aliphatic carbocycles. The van der Waals surface area contributed by atoms with E-state index in [1.54, 1.807) is 16.4 Å². The molecule has 3 fully saturated rings. The number of hydrogen-bond donors (Lipinski definition) is 2. The Kier molecular flexibility index (Phi) is 6.98. The third-order valence-electron chi connectivity index (χ3n) is 11.2. The van der Waals surface area contributed by atoms with Crippen LogP contribution < -0.4 is 10.9 Å². The lowest BCUT2D eigenvalue weighted by molar-refractivity contribution is -0.137. The van der Waals surface area contributed by atoms with Gasteiger partial charge in [0.15, 0.2) is 17.3 Å². The van der Waals surface area contributed by atoms with Gasteiger partial charge in [0.1, 0.15) is 12.9 Å². The molecule has 2 aliphatic heterocycles. The van der Waals surface area contributed by atoms with Crippen molar-refractivity contribution in [3.8, 4) is 5.75 Å². The van der Waals surface area contributed by atoms with Crippen LogP contribution in [0.25, 0.3) is 11.4 Å². The van der Waals surface area contributed by atoms with Crippen molar-refractivity contribution in [1.82, 2.24) is 34.0 Å². The number of piperidine rings is 1. The lowest BCUT2D eigenvalue weighted by Crippen LogP contribution is -2.49. The Bertz CT molecular complexity index is 2290. The molecular formula is C34H30ClF3N8O5. The fraction of sp³-hybridized carbons (Fsp3) is 0.441. The zero-order valence-corrected chi connectivity index (χ0v) is 27.8. The average molecular weight is 723 g/mol. The Morgan fingerprint density at radius 1 is 1.20 bits per heavy atom. The minimum atomic E-state index is -4.60. The number of carbonyl (C=O) groups is 2. The number of likely N-dealkylation sites (tertiary alicyclic amines) is 1. The molecule has 51 heavy (non-hydrogen) atoms. The average Bonchev–Trinajstić information content (AvgIpc) is 4.02. The number of benzene rings is 1. The topological polar surface area (TPSA) is 157 Å². The Morgan fingerprint density at radius 3 is 2.76 bits per heavy atom. The number of carbonyl (C=O) groups excluding carboxylic acids is 2. The quantitative estimate of drug-likeness (QED) is 0.310. The van der Waals surface area contributed by atoms with Crippen LogP contribution in [0.4, 0.5) is 18.9 Å². The minimum Gasteiger partial charge on any atom is -0.504 e. The maximum Gasteiger partial charge on any atom is 0.416 e. The number of aryl methyl sites for hydroxylation is 1. The van der Waals surface area contributed by atoms with Gasteiger partial charge in [-0.05, 0) is 68.2 Å². The molecule has 264 valence electrons. The maximum absolute atomic E-state index is 14.6. The molecule has 0 radical (unpaired) electrons. The van der Waals surface area contributed by atoms with Gasteiger partial charge in [-0.2, -0.15) is 22.7 Å². The highest BCUT2D eigenvalue weighted by Gasteiger charge is 2.73. The van der Waals surface area contributed by atoms with E-state index in [9.17, 15) is 32.7 Å². The second kappa shape index (κ2) is 11.1. The SMILES string of the molecule is Cc1ncnc(C(=O)N2CCC3(c4c(n(CC(=O)Nc5ccc(C(F)(F)F)cc5Cl)c5nc(C6=CCOCC6)nn5c4=O)C4CC43)C3CC32)c1O. The largest absolute Gasteiger partial charge is 0.504 e. The van der Waals surface area contributed by atoms with Gasteiger partial charge in [-0.15, -0.1) is 5.10 Å². The number of anilines is 1. The summed E-state index contributed by atoms with van der Waals surface area (Å²) < 4.78 is 48.2. The lowest BCUT2D eigenvalue weighted by Gasteiger charge is -2.40. The van der Waals surface area contributed by atoms with Crippen LogP contribution in [-0.2, 0) is 27.7 Å². The summed E-state index contributed by atoms with van der Waals surface area (Å²) in [5.41, 5.74) is 0.554. The van der Waals surface area contributed by atoms with E-state index in [0.717, 1.165) is 30.2 Å². The number of rotatable bonds is 5. The highest BCUT2D eigenvalue weighted by molar-refractivity contribution is 6.33. The molecule has 4 aromatic rings. The summed E-state index contributed by atoms with van der Waals surface area (Å²) in [5.74, 6) is -0.611. The summed E-state index contributed by atoms with van der Waals surface area (Å²) in [7, 11) is 0. The van der Waals surface area contributed by atoms with E-state index in [0.29, 0.717) is 61.8 Å². The van der Waals surface area contributed by atoms with Gasteiger partial charge in [-0.1, -0.05) is 17.7 Å². The number of alkyl halides is 3. The smallest absolute Gasteiger partial charge is 0.416 e. The fourth-order valence-electron chi connectivity index (χ4n) is 8.81. The van der Waals surface area contributed by atoms with Gasteiger partial charge in [0.05, 0.1) is 35.2 Å². The molecule has 9 rings (SSSR count). The molecule has 3 aromatic heterocycles. The highest BCUT2D eigenvalue weighted by atomic mass is 35.5. The first-order valence-corrected chi connectivity index (χ1v) is 17.1. The Balaban J connectivity index is 1.11. The van der Waals surface area contributed by atoms with E-state index in [1.807, 2.05) is 6.08 Å². The summed E-state index contributed by atoms with van der Waals surface area (Å²) in [6.07, 6.45) is 1.01. The first-order valence-electron chi connectivity index (χ1n) is 16.7. The first kappa shape index (κ1) is 32.1. The summed E-state index contributed by atoms with van der Waals surface area (Å²) in [5, 5.41) is 17.6. The molecule has 0 bridgehead atoms. The molecule has 1 saturated heterocycles. The van der Waals surface area contributed by atoms with Crippen LogP contribution in [0, 0.1) is 18.8 Å². The van der Waals surface area contributed by atoms with Crippen LogP contribution >= 0.6 is 11.6 Å². The second-order valence-corrected chi connectivity index (χ2v) is 14.3. The number of amides is 2. The van der Waals surface area contributed by atoms with Crippen LogP contribution in [0.1, 0.15) is 70.4 Å². The second-order valence-electron chi connectivity index (χ2n) is 13.9. The standard InChI is InChI=1S/C34H30ClF3N8O5/c1-15-28(48)26(40-14-39-15)31(50)44-7-6-33(20-12-23(20)44)19-11-18(19)27-25(33)30(49)46-32(42-29(43-46)16-4-8-51-9-5-16)45(27)13-24(47)41-22-3-2-17(10-21(22)35)34(36,37)38/h2-4,10,14,18-20,23,48H,5-9,11-13H2,1H3,(H,41,47). The van der Waals surface area contributed by atoms with Crippen molar-refractivity contribution in [3.05, 3.63) is 80.0 Å². The molecular weight excluding hydrogens is 693 g/mol. The van der Waals surface area contributed by atoms with Gasteiger partial charge in [0.2, 0.25) is 11.7 Å². The maximum atomic E-state index is 14.6. The molecule has 2 saturated carbocycles. The number of nitrogens with zero attached hydrogens (tertiary/aromatic N) is 7. The van der Waals surface area contributed by atoms with Gasteiger partial charge in [0.25, 0.3) is 11.5 Å². The molecule has 5 atom stereocenters. The van der Waals surface area contributed by atoms with Crippen LogP contribution in [0.5, 0.6) is 5.75 Å². The van der Waals surface area contributed by atoms with Gasteiger partial charge in [0, 0.05) is 35.2 Å². The molecule has 2 N–H and O–H groups in total. The van der Waals surface area contributed by atoms with Crippen molar-refractivity contribution in [3.63, 3.8) is 0 Å². The Morgan fingerprint density at radius 2 is 2.02 bits per heavy atom. The number of hydrogen-bond acceptors (Lipinski definition) is 9. The minimum absolute atomic E-state index is 0.0152. The van der Waals surface area contributed by atoms with Gasteiger partial charge < -0.3 is 24.6 Å². The molecule has 5 unspecified atom stereocenters. The Labute approximate surface area is 292 Å². The zero-order valence-electron chi connectivity index (χ0n) is 27.1. The van der Waals surface area contributed by atoms with E-state index < -0.39 is 23.1 Å². The van der Waals surface area contributed by atoms with E-state index >= 15 is 0 Å². The van der Waals surface area contributed by atoms with Crippen molar-refractivity contribution >= 4 is 40.5 Å². The predicted molar refractivity (Wildman–Crippen MR) is 174 cm³/mol. The molecule has 5 aliphatic rings. The number of ether oxygens (including phenoxy) is 1. The fourth-order valence-corrected chi connectivity index (χ4v) is 9.04. The predicted octanol–water partition coefficient (Wildman–Crippen LogP) is 4.10. The monoisotopic (exact) mass is 722 g/mol. The summed E-state index contributed by atoms with van der Waals surface area (Å²) in [4.78, 5) is 56.4. The summed E-state index contributed by atoms with van der Waals surface area (Å²) in [6.45, 7) is 2.48. The van der Waals surface area contributed by atoms with Crippen molar-refractivity contribution in [2.45, 2.75) is 62.7 Å².